The number of piperidine rings is 1. The minimum atomic E-state index is 0.254. The number of hydrogen-bond donors (Lipinski definition) is 0. The lowest BCUT2D eigenvalue weighted by Crippen LogP contribution is -2.49. The van der Waals surface area contributed by atoms with Crippen LogP contribution in [0.2, 0.25) is 0 Å². The van der Waals surface area contributed by atoms with E-state index in [0.717, 1.165) is 38.0 Å². The van der Waals surface area contributed by atoms with Gasteiger partial charge in [-0.05, 0) is 44.4 Å². The van der Waals surface area contributed by atoms with Gasteiger partial charge in [-0.1, -0.05) is 38.5 Å². The highest BCUT2D eigenvalue weighted by Gasteiger charge is 2.27. The van der Waals surface area contributed by atoms with Crippen molar-refractivity contribution in [2.24, 2.45) is 0 Å². The van der Waals surface area contributed by atoms with Gasteiger partial charge in [-0.15, -0.1) is 0 Å². The number of rotatable bonds is 9. The fourth-order valence-electron chi connectivity index (χ4n) is 3.28. The molecule has 1 amide bonds. The first kappa shape index (κ1) is 18.8. The lowest BCUT2D eigenvalue weighted by atomic mass is 10.0. The van der Waals surface area contributed by atoms with Crippen molar-refractivity contribution in [3.63, 3.8) is 0 Å². The van der Waals surface area contributed by atoms with Gasteiger partial charge in [0.05, 0.1) is 5.69 Å². The zero-order valence-electron chi connectivity index (χ0n) is 15.3. The van der Waals surface area contributed by atoms with Crippen LogP contribution in [0.4, 0.5) is 5.69 Å². The molecule has 24 heavy (non-hydrogen) atoms. The van der Waals surface area contributed by atoms with Crippen molar-refractivity contribution < 1.29 is 4.79 Å². The fourth-order valence-corrected chi connectivity index (χ4v) is 3.28. The molecule has 0 saturated carbocycles. The number of unbranched alkanes of at least 4 members (excludes halogenated alkanes) is 1. The predicted octanol–water partition coefficient (Wildman–Crippen LogP) is 3.77. The topological polar surface area (TPSA) is 37.7 Å². The Bertz CT molecular complexity index is 469. The van der Waals surface area contributed by atoms with E-state index in [1.165, 1.54) is 19.4 Å². The van der Waals surface area contributed by atoms with Crippen LogP contribution in [0.3, 0.4) is 0 Å². The van der Waals surface area contributed by atoms with Crippen LogP contribution >= 0.6 is 0 Å². The van der Waals surface area contributed by atoms with Crippen molar-refractivity contribution in [2.75, 3.05) is 26.3 Å². The molecule has 1 saturated heterocycles. The summed E-state index contributed by atoms with van der Waals surface area (Å²) < 4.78 is 0. The van der Waals surface area contributed by atoms with Crippen molar-refractivity contribution in [1.82, 2.24) is 15.1 Å². The second-order valence-electron chi connectivity index (χ2n) is 6.67. The second-order valence-corrected chi connectivity index (χ2v) is 6.67. The van der Waals surface area contributed by atoms with Crippen LogP contribution in [-0.2, 0) is 4.79 Å². The number of nitrogens with zero attached hydrogens (tertiary/aromatic N) is 3. The van der Waals surface area contributed by atoms with Crippen molar-refractivity contribution >= 4 is 11.6 Å². The number of carbonyl (C=O) groups excluding carboxylic acids is 1. The molecule has 1 aliphatic rings. The molecule has 0 aromatic heterocycles. The average molecular weight is 330 g/mol. The van der Waals surface area contributed by atoms with Crippen LogP contribution in [0.25, 0.3) is 0 Å². The van der Waals surface area contributed by atoms with E-state index in [4.69, 9.17) is 0 Å². The summed E-state index contributed by atoms with van der Waals surface area (Å²) in [5.41, 5.74) is 0.951. The molecule has 1 heterocycles. The number of likely N-dealkylation sites (tertiary alicyclic amines) is 1. The summed E-state index contributed by atoms with van der Waals surface area (Å²) in [5.74, 6) is 0.254. The summed E-state index contributed by atoms with van der Waals surface area (Å²) in [5, 5.41) is 4.65. The molecule has 133 valence electrons. The van der Waals surface area contributed by atoms with Gasteiger partial charge in [-0.25, -0.2) is 0 Å². The zero-order chi connectivity index (χ0) is 17.2. The molecular formula is C20H32N3O. The monoisotopic (exact) mass is 330 g/mol. The smallest absolute Gasteiger partial charge is 0.224 e. The minimum absolute atomic E-state index is 0.254. The molecule has 0 bridgehead atoms. The summed E-state index contributed by atoms with van der Waals surface area (Å²) in [7, 11) is 0. The van der Waals surface area contributed by atoms with E-state index in [1.54, 1.807) is 0 Å². The summed E-state index contributed by atoms with van der Waals surface area (Å²) in [6.07, 6.45) is 6.19. The largest absolute Gasteiger partial charge is 0.320 e. The maximum absolute atomic E-state index is 12.6. The van der Waals surface area contributed by atoms with Crippen molar-refractivity contribution in [1.29, 1.82) is 0 Å². The maximum atomic E-state index is 12.6. The van der Waals surface area contributed by atoms with E-state index in [0.29, 0.717) is 19.1 Å². The van der Waals surface area contributed by atoms with E-state index in [9.17, 15) is 4.79 Å². The molecule has 0 N–H and O–H groups in total. The summed E-state index contributed by atoms with van der Waals surface area (Å²) >= 11 is 0. The van der Waals surface area contributed by atoms with Gasteiger partial charge in [0.1, 0.15) is 6.67 Å². The first-order valence-electron chi connectivity index (χ1n) is 9.49. The van der Waals surface area contributed by atoms with Gasteiger partial charge in [0.2, 0.25) is 5.91 Å². The van der Waals surface area contributed by atoms with Gasteiger partial charge < -0.3 is 9.80 Å². The first-order valence-corrected chi connectivity index (χ1v) is 9.49. The van der Waals surface area contributed by atoms with E-state index < -0.39 is 0 Å². The van der Waals surface area contributed by atoms with Gasteiger partial charge in [-0.2, -0.15) is 0 Å². The van der Waals surface area contributed by atoms with Gasteiger partial charge in [0.25, 0.3) is 0 Å². The zero-order valence-corrected chi connectivity index (χ0v) is 15.3. The molecule has 1 radical (unpaired) electrons. The minimum Gasteiger partial charge on any atom is -0.320 e. The lowest BCUT2D eigenvalue weighted by molar-refractivity contribution is -0.134. The van der Waals surface area contributed by atoms with E-state index in [1.807, 2.05) is 35.2 Å². The Morgan fingerprint density at radius 2 is 1.88 bits per heavy atom. The van der Waals surface area contributed by atoms with Crippen molar-refractivity contribution in [2.45, 2.75) is 58.4 Å². The molecule has 0 spiro atoms. The summed E-state index contributed by atoms with van der Waals surface area (Å²) in [6, 6.07) is 10.3. The van der Waals surface area contributed by atoms with Crippen molar-refractivity contribution in [3.05, 3.63) is 30.3 Å². The molecule has 0 atom stereocenters. The van der Waals surface area contributed by atoms with E-state index in [2.05, 4.69) is 24.1 Å². The first-order chi connectivity index (χ1) is 11.7. The number of para-hydroxylation sites is 1. The Hall–Kier alpha value is -1.55. The quantitative estimate of drug-likeness (QED) is 0.691. The second kappa shape index (κ2) is 10.3. The van der Waals surface area contributed by atoms with Gasteiger partial charge in [0.15, 0.2) is 0 Å². The highest BCUT2D eigenvalue weighted by Crippen LogP contribution is 2.19. The molecule has 4 heteroatoms. The highest BCUT2D eigenvalue weighted by molar-refractivity contribution is 5.76. The molecule has 0 aliphatic carbocycles. The number of hydrogen-bond acceptors (Lipinski definition) is 2. The van der Waals surface area contributed by atoms with Gasteiger partial charge in [0, 0.05) is 25.6 Å². The normalized spacial score (nSPS) is 16.1. The molecule has 4 nitrogen and oxygen atoms in total. The van der Waals surface area contributed by atoms with E-state index in [-0.39, 0.29) is 5.91 Å². The SMILES string of the molecule is CCCCN1CCC(N(C[N]c2ccccc2)C(=O)CCC)CC1. The molecule has 2 rings (SSSR count). The molecule has 1 aliphatic heterocycles. The number of amides is 1. The van der Waals surface area contributed by atoms with Crippen molar-refractivity contribution in [3.8, 4) is 0 Å². The summed E-state index contributed by atoms with van der Waals surface area (Å²) in [4.78, 5) is 17.1. The third-order valence-electron chi connectivity index (χ3n) is 4.77. The maximum Gasteiger partial charge on any atom is 0.224 e. The molecule has 0 unspecified atom stereocenters. The lowest BCUT2D eigenvalue weighted by Gasteiger charge is -2.38. The molecule has 1 aromatic rings. The van der Waals surface area contributed by atoms with E-state index >= 15 is 0 Å². The average Bonchev–Trinajstić information content (AvgIpc) is 2.62. The number of benzene rings is 1. The summed E-state index contributed by atoms with van der Waals surface area (Å²) in [6.45, 7) is 8.20. The van der Waals surface area contributed by atoms with Crippen LogP contribution in [0.1, 0.15) is 52.4 Å². The molecular weight excluding hydrogens is 298 g/mol. The highest BCUT2D eigenvalue weighted by atomic mass is 16.2. The molecule has 1 aromatic carbocycles. The van der Waals surface area contributed by atoms with Gasteiger partial charge >= 0.3 is 0 Å². The Labute approximate surface area is 147 Å². The Kier molecular flexibility index (Phi) is 8.10. The van der Waals surface area contributed by atoms with Crippen LogP contribution in [0, 0.1) is 0 Å². The Morgan fingerprint density at radius 1 is 1.17 bits per heavy atom. The van der Waals surface area contributed by atoms with Crippen LogP contribution < -0.4 is 5.32 Å². The third-order valence-corrected chi connectivity index (χ3v) is 4.77. The van der Waals surface area contributed by atoms with Crippen LogP contribution in [0.15, 0.2) is 30.3 Å². The van der Waals surface area contributed by atoms with Crippen LogP contribution in [0.5, 0.6) is 0 Å². The third kappa shape index (κ3) is 5.82. The Morgan fingerprint density at radius 3 is 2.50 bits per heavy atom. The number of carbonyl (C=O) groups is 1. The molecule has 1 fully saturated rings. The Balaban J connectivity index is 1.90. The van der Waals surface area contributed by atoms with Gasteiger partial charge in [-0.3, -0.25) is 10.1 Å². The standard InChI is InChI=1S/C20H32N3O/c1-3-5-14-22-15-12-19(13-16-22)23(20(24)9-4-2)17-21-18-10-7-6-8-11-18/h6-8,10-11,19H,3-5,9,12-17H2,1-2H3. The fraction of sp³-hybridized carbons (Fsp3) is 0.650. The van der Waals surface area contributed by atoms with Crippen LogP contribution in [-0.4, -0.2) is 48.1 Å². The predicted molar refractivity (Wildman–Crippen MR) is 99.2 cm³/mol.